The fraction of sp³-hybridized carbons (Fsp3) is 0.385. The van der Waals surface area contributed by atoms with Gasteiger partial charge in [-0.1, -0.05) is 12.1 Å². The van der Waals surface area contributed by atoms with Gasteiger partial charge in [0, 0.05) is 25.4 Å². The van der Waals surface area contributed by atoms with Crippen molar-refractivity contribution in [3.63, 3.8) is 0 Å². The van der Waals surface area contributed by atoms with E-state index < -0.39 is 16.0 Å². The molecule has 1 saturated heterocycles. The van der Waals surface area contributed by atoms with Crippen LogP contribution in [0.1, 0.15) is 22.3 Å². The topological polar surface area (TPSA) is 118 Å². The van der Waals surface area contributed by atoms with Crippen LogP contribution in [0.15, 0.2) is 24.3 Å². The van der Waals surface area contributed by atoms with E-state index in [-0.39, 0.29) is 29.6 Å². The highest BCUT2D eigenvalue weighted by atomic mass is 32.2. The van der Waals surface area contributed by atoms with E-state index in [9.17, 15) is 18.0 Å². The van der Waals surface area contributed by atoms with Gasteiger partial charge in [0.05, 0.1) is 11.3 Å². The van der Waals surface area contributed by atoms with Crippen molar-refractivity contribution >= 4 is 21.9 Å². The number of carbonyl (C=O) groups excluding carboxylic acids is 1. The van der Waals surface area contributed by atoms with Gasteiger partial charge in [0.25, 0.3) is 0 Å². The van der Waals surface area contributed by atoms with Crippen molar-refractivity contribution in [2.24, 2.45) is 11.1 Å². The van der Waals surface area contributed by atoms with Crippen LogP contribution in [0.2, 0.25) is 0 Å². The van der Waals surface area contributed by atoms with Crippen LogP contribution in [0.3, 0.4) is 0 Å². The number of primary sulfonamides is 1. The molecule has 1 aromatic rings. The Hall–Kier alpha value is -1.93. The number of rotatable bonds is 5. The molecule has 21 heavy (non-hydrogen) atoms. The molecule has 1 aliphatic heterocycles. The zero-order valence-electron chi connectivity index (χ0n) is 11.2. The van der Waals surface area contributed by atoms with Gasteiger partial charge in [-0.25, -0.2) is 18.4 Å². The highest BCUT2D eigenvalue weighted by Crippen LogP contribution is 2.21. The lowest BCUT2D eigenvalue weighted by atomic mass is 10.1. The average molecular weight is 312 g/mol. The first-order chi connectivity index (χ1) is 9.74. The third-order valence-corrected chi connectivity index (χ3v) is 4.27. The van der Waals surface area contributed by atoms with Gasteiger partial charge in [-0.05, 0) is 17.7 Å². The van der Waals surface area contributed by atoms with E-state index in [4.69, 9.17) is 10.2 Å². The third-order valence-electron chi connectivity index (χ3n) is 3.34. The smallest absolute Gasteiger partial charge is 0.335 e. The van der Waals surface area contributed by atoms with E-state index in [0.717, 1.165) is 5.56 Å². The predicted octanol–water partition coefficient (Wildman–Crippen LogP) is 0.0218. The molecule has 114 valence electrons. The highest BCUT2D eigenvalue weighted by Gasteiger charge is 2.31. The normalized spacial score (nSPS) is 19.0. The Kier molecular flexibility index (Phi) is 4.29. The Morgan fingerprint density at radius 2 is 1.95 bits per heavy atom. The van der Waals surface area contributed by atoms with Crippen molar-refractivity contribution in [1.82, 2.24) is 4.90 Å². The van der Waals surface area contributed by atoms with E-state index in [0.29, 0.717) is 13.1 Å². The molecule has 0 spiro atoms. The van der Waals surface area contributed by atoms with Gasteiger partial charge in [-0.15, -0.1) is 0 Å². The summed E-state index contributed by atoms with van der Waals surface area (Å²) in [5, 5.41) is 13.8. The second-order valence-electron chi connectivity index (χ2n) is 5.18. The number of likely N-dealkylation sites (tertiary alicyclic amines) is 1. The molecule has 1 fully saturated rings. The minimum absolute atomic E-state index is 0.119. The Morgan fingerprint density at radius 1 is 1.33 bits per heavy atom. The van der Waals surface area contributed by atoms with E-state index in [1.54, 1.807) is 17.0 Å². The fourth-order valence-corrected chi connectivity index (χ4v) is 3.30. The van der Waals surface area contributed by atoms with E-state index in [2.05, 4.69) is 0 Å². The number of nitrogens with two attached hydrogens (primary N) is 1. The molecule has 0 bridgehead atoms. The molecule has 1 aromatic carbocycles. The monoisotopic (exact) mass is 312 g/mol. The molecule has 1 heterocycles. The zero-order valence-corrected chi connectivity index (χ0v) is 12.0. The molecule has 3 N–H and O–H groups in total. The maximum atomic E-state index is 11.8. The summed E-state index contributed by atoms with van der Waals surface area (Å²) in [6.45, 7) is 0.676. The van der Waals surface area contributed by atoms with Crippen LogP contribution in [0.5, 0.6) is 0 Å². The number of hydrogen-bond donors (Lipinski definition) is 2. The zero-order chi connectivity index (χ0) is 15.6. The second-order valence-corrected chi connectivity index (χ2v) is 6.84. The van der Waals surface area contributed by atoms with Gasteiger partial charge in [0.2, 0.25) is 15.9 Å². The maximum absolute atomic E-state index is 11.8. The molecule has 0 aromatic heterocycles. The average Bonchev–Trinajstić information content (AvgIpc) is 2.67. The van der Waals surface area contributed by atoms with E-state index >= 15 is 0 Å². The first-order valence-electron chi connectivity index (χ1n) is 6.35. The van der Waals surface area contributed by atoms with Crippen molar-refractivity contribution in [1.29, 1.82) is 0 Å². The van der Waals surface area contributed by atoms with Crippen LogP contribution in [0.25, 0.3) is 0 Å². The minimum Gasteiger partial charge on any atom is -0.478 e. The van der Waals surface area contributed by atoms with Gasteiger partial charge in [0.1, 0.15) is 0 Å². The SMILES string of the molecule is NS(=O)(=O)CC1CC(=O)N(Cc2ccc(C(=O)O)cc2)C1. The van der Waals surface area contributed by atoms with Crippen molar-refractivity contribution in [2.75, 3.05) is 12.3 Å². The van der Waals surface area contributed by atoms with Gasteiger partial charge in [0.15, 0.2) is 0 Å². The number of carboxylic acid groups (broad SMARTS) is 1. The largest absolute Gasteiger partial charge is 0.478 e. The first kappa shape index (κ1) is 15.5. The summed E-state index contributed by atoms with van der Waals surface area (Å²) in [4.78, 5) is 24.2. The number of carbonyl (C=O) groups is 2. The summed E-state index contributed by atoms with van der Waals surface area (Å²) in [5.74, 6) is -1.61. The number of nitrogens with zero attached hydrogens (tertiary/aromatic N) is 1. The number of amides is 1. The molecule has 1 aliphatic rings. The van der Waals surface area contributed by atoms with Crippen LogP contribution >= 0.6 is 0 Å². The minimum atomic E-state index is -3.59. The number of aromatic carboxylic acids is 1. The van der Waals surface area contributed by atoms with Gasteiger partial charge >= 0.3 is 5.97 Å². The molecule has 1 atom stereocenters. The summed E-state index contributed by atoms with van der Waals surface area (Å²) in [6.07, 6.45) is 0.170. The van der Waals surface area contributed by atoms with Crippen LogP contribution in [-0.4, -0.2) is 42.6 Å². The van der Waals surface area contributed by atoms with Crippen molar-refractivity contribution in [3.8, 4) is 0 Å². The second kappa shape index (κ2) is 5.82. The molecular weight excluding hydrogens is 296 g/mol. The lowest BCUT2D eigenvalue weighted by Gasteiger charge is -2.16. The number of sulfonamides is 1. The first-order valence-corrected chi connectivity index (χ1v) is 8.06. The van der Waals surface area contributed by atoms with Gasteiger partial charge in [-0.3, -0.25) is 4.79 Å². The van der Waals surface area contributed by atoms with Crippen molar-refractivity contribution in [2.45, 2.75) is 13.0 Å². The Balaban J connectivity index is 2.00. The maximum Gasteiger partial charge on any atom is 0.335 e. The molecule has 2 rings (SSSR count). The van der Waals surface area contributed by atoms with E-state index in [1.807, 2.05) is 0 Å². The fourth-order valence-electron chi connectivity index (χ4n) is 2.42. The number of benzene rings is 1. The van der Waals surface area contributed by atoms with Gasteiger partial charge < -0.3 is 10.0 Å². The van der Waals surface area contributed by atoms with Gasteiger partial charge in [-0.2, -0.15) is 0 Å². The number of hydrogen-bond acceptors (Lipinski definition) is 4. The molecule has 8 heteroatoms. The quantitative estimate of drug-likeness (QED) is 0.795. The highest BCUT2D eigenvalue weighted by molar-refractivity contribution is 7.89. The summed E-state index contributed by atoms with van der Waals surface area (Å²) in [6, 6.07) is 6.23. The summed E-state index contributed by atoms with van der Waals surface area (Å²) >= 11 is 0. The molecule has 1 unspecified atom stereocenters. The Labute approximate surface area is 122 Å². The third kappa shape index (κ3) is 4.27. The molecule has 7 nitrogen and oxygen atoms in total. The molecule has 0 radical (unpaired) electrons. The lowest BCUT2D eigenvalue weighted by molar-refractivity contribution is -0.128. The standard InChI is InChI=1S/C13H16N2O5S/c14-21(19,20)8-10-5-12(16)15(7-10)6-9-1-3-11(4-2-9)13(17)18/h1-4,10H,5-8H2,(H,17,18)(H2,14,19,20). The predicted molar refractivity (Wildman–Crippen MR) is 74.9 cm³/mol. The van der Waals surface area contributed by atoms with Crippen molar-refractivity contribution in [3.05, 3.63) is 35.4 Å². The Morgan fingerprint density at radius 3 is 2.48 bits per heavy atom. The van der Waals surface area contributed by atoms with Crippen molar-refractivity contribution < 1.29 is 23.1 Å². The lowest BCUT2D eigenvalue weighted by Crippen LogP contribution is -2.27. The summed E-state index contributed by atoms with van der Waals surface area (Å²) in [5.41, 5.74) is 0.975. The van der Waals surface area contributed by atoms with E-state index in [1.165, 1.54) is 12.1 Å². The van der Waals surface area contributed by atoms with Crippen LogP contribution in [-0.2, 0) is 21.4 Å². The summed E-state index contributed by atoms with van der Waals surface area (Å²) in [7, 11) is -3.59. The van der Waals surface area contributed by atoms with Crippen LogP contribution in [0.4, 0.5) is 0 Å². The van der Waals surface area contributed by atoms with Crippen LogP contribution in [0, 0.1) is 5.92 Å². The van der Waals surface area contributed by atoms with Crippen LogP contribution < -0.4 is 5.14 Å². The molecule has 1 amide bonds. The molecule has 0 saturated carbocycles. The number of carboxylic acids is 1. The molecular formula is C13H16N2O5S. The Bertz CT molecular complexity index is 654. The summed E-state index contributed by atoms with van der Waals surface area (Å²) < 4.78 is 22.1. The molecule has 0 aliphatic carbocycles.